The number of hydrogen-bond donors (Lipinski definition) is 0. The third kappa shape index (κ3) is 5.90. The third-order valence-corrected chi connectivity index (χ3v) is 6.01. The molecule has 0 aliphatic carbocycles. The van der Waals surface area contributed by atoms with Crippen LogP contribution in [-0.4, -0.2) is 54.5 Å². The maximum atomic E-state index is 13.9. The van der Waals surface area contributed by atoms with Gasteiger partial charge in [-0.15, -0.1) is 0 Å². The summed E-state index contributed by atoms with van der Waals surface area (Å²) in [4.78, 5) is 29.6. The van der Waals surface area contributed by atoms with Gasteiger partial charge in [-0.05, 0) is 67.3 Å². The minimum Gasteiger partial charge on any atom is -0.487 e. The van der Waals surface area contributed by atoms with Crippen LogP contribution in [0.15, 0.2) is 57.8 Å². The summed E-state index contributed by atoms with van der Waals surface area (Å²) in [6.45, 7) is 2.87. The van der Waals surface area contributed by atoms with Crippen LogP contribution in [0.1, 0.15) is 21.6 Å². The van der Waals surface area contributed by atoms with Gasteiger partial charge in [0.2, 0.25) is 0 Å². The van der Waals surface area contributed by atoms with Crippen molar-refractivity contribution in [3.05, 3.63) is 91.8 Å². The van der Waals surface area contributed by atoms with Gasteiger partial charge in [-0.25, -0.2) is 8.78 Å². The summed E-state index contributed by atoms with van der Waals surface area (Å²) < 4.78 is 34.3. The number of nitrogens with zero attached hydrogens (tertiary/aromatic N) is 3. The summed E-state index contributed by atoms with van der Waals surface area (Å²) in [5.74, 6) is -1.31. The first-order valence-electron chi connectivity index (χ1n) is 10.6. The molecule has 0 radical (unpaired) electrons. The van der Waals surface area contributed by atoms with Crippen molar-refractivity contribution in [1.29, 1.82) is 0 Å². The number of carbonyl (C=O) groups excluding carboxylic acids is 1. The number of aryl methyl sites for hydroxylation is 1. The Bertz CT molecular complexity index is 1260. The number of aromatic nitrogens is 1. The molecule has 1 aromatic heterocycles. The molecule has 0 atom stereocenters. The van der Waals surface area contributed by atoms with Crippen molar-refractivity contribution in [1.82, 2.24) is 14.4 Å². The highest BCUT2D eigenvalue weighted by Crippen LogP contribution is 2.26. The number of pyridine rings is 1. The van der Waals surface area contributed by atoms with Crippen LogP contribution in [0, 0.1) is 18.6 Å². The maximum Gasteiger partial charge on any atom is 0.273 e. The van der Waals surface area contributed by atoms with E-state index < -0.39 is 11.6 Å². The number of rotatable bonds is 8. The van der Waals surface area contributed by atoms with Gasteiger partial charge in [0.15, 0.2) is 0 Å². The summed E-state index contributed by atoms with van der Waals surface area (Å²) in [6.07, 6.45) is 0. The van der Waals surface area contributed by atoms with E-state index in [1.807, 2.05) is 19.0 Å². The van der Waals surface area contributed by atoms with Gasteiger partial charge in [-0.1, -0.05) is 6.07 Å². The van der Waals surface area contributed by atoms with Gasteiger partial charge in [0.25, 0.3) is 11.5 Å². The number of carbonyl (C=O) groups is 1. The lowest BCUT2D eigenvalue weighted by Gasteiger charge is -2.20. The molecular formula is C25H26BrF2N3O3. The van der Waals surface area contributed by atoms with Crippen molar-refractivity contribution in [3.8, 4) is 11.4 Å². The van der Waals surface area contributed by atoms with Crippen LogP contribution in [0.4, 0.5) is 8.78 Å². The van der Waals surface area contributed by atoms with Crippen molar-refractivity contribution in [3.63, 3.8) is 0 Å². The fourth-order valence-electron chi connectivity index (χ4n) is 3.35. The topological polar surface area (TPSA) is 54.8 Å². The SMILES string of the molecule is Cc1cc(OCc2ccc(F)cc2F)c(Br)c(=O)n1-c1cccc(C(=O)N(C)CCN(C)C)c1. The lowest BCUT2D eigenvalue weighted by Crippen LogP contribution is -2.33. The molecule has 0 bridgehead atoms. The number of amides is 1. The van der Waals surface area contributed by atoms with E-state index in [0.29, 0.717) is 23.5 Å². The van der Waals surface area contributed by atoms with E-state index >= 15 is 0 Å². The van der Waals surface area contributed by atoms with Crippen molar-refractivity contribution in [2.75, 3.05) is 34.2 Å². The molecule has 0 saturated carbocycles. The fraction of sp³-hybridized carbons (Fsp3) is 0.280. The first kappa shape index (κ1) is 25.6. The number of halogens is 3. The summed E-state index contributed by atoms with van der Waals surface area (Å²) in [5.41, 5.74) is 1.34. The van der Waals surface area contributed by atoms with Crippen LogP contribution in [0.5, 0.6) is 5.75 Å². The van der Waals surface area contributed by atoms with Crippen LogP contribution in [-0.2, 0) is 6.61 Å². The van der Waals surface area contributed by atoms with Gasteiger partial charge in [-0.2, -0.15) is 0 Å². The first-order chi connectivity index (χ1) is 16.1. The Morgan fingerprint density at radius 3 is 2.47 bits per heavy atom. The van der Waals surface area contributed by atoms with E-state index in [-0.39, 0.29) is 33.9 Å². The predicted octanol–water partition coefficient (Wildman–Crippen LogP) is 4.40. The molecule has 3 rings (SSSR count). The highest BCUT2D eigenvalue weighted by molar-refractivity contribution is 9.10. The second kappa shape index (κ2) is 10.9. The third-order valence-electron chi connectivity index (χ3n) is 5.28. The van der Waals surface area contributed by atoms with Gasteiger partial charge in [0.1, 0.15) is 28.5 Å². The molecule has 0 aliphatic heterocycles. The number of hydrogen-bond acceptors (Lipinski definition) is 4. The molecule has 2 aromatic carbocycles. The molecule has 34 heavy (non-hydrogen) atoms. The molecule has 0 saturated heterocycles. The average Bonchev–Trinajstić information content (AvgIpc) is 2.79. The molecule has 3 aromatic rings. The van der Waals surface area contributed by atoms with Crippen molar-refractivity contribution in [2.24, 2.45) is 0 Å². The zero-order chi connectivity index (χ0) is 25.0. The van der Waals surface area contributed by atoms with Gasteiger partial charge < -0.3 is 14.5 Å². The summed E-state index contributed by atoms with van der Waals surface area (Å²) in [6, 6.07) is 11.7. The Morgan fingerprint density at radius 2 is 1.79 bits per heavy atom. The molecule has 0 aliphatic rings. The first-order valence-corrected chi connectivity index (χ1v) is 11.4. The fourth-order valence-corrected chi connectivity index (χ4v) is 3.76. The number of likely N-dealkylation sites (N-methyl/N-ethyl adjacent to an activating group) is 2. The Morgan fingerprint density at radius 1 is 1.06 bits per heavy atom. The molecule has 0 spiro atoms. The Labute approximate surface area is 205 Å². The minimum atomic E-state index is -0.724. The molecule has 1 heterocycles. The summed E-state index contributed by atoms with van der Waals surface area (Å²) in [5, 5.41) is 0. The van der Waals surface area contributed by atoms with Crippen LogP contribution < -0.4 is 10.3 Å². The van der Waals surface area contributed by atoms with Crippen molar-refractivity contribution in [2.45, 2.75) is 13.5 Å². The second-order valence-corrected chi connectivity index (χ2v) is 9.00. The lowest BCUT2D eigenvalue weighted by molar-refractivity contribution is 0.0786. The van der Waals surface area contributed by atoms with E-state index in [0.717, 1.165) is 18.7 Å². The molecule has 6 nitrogen and oxygen atoms in total. The monoisotopic (exact) mass is 533 g/mol. The van der Waals surface area contributed by atoms with Crippen molar-refractivity contribution >= 4 is 21.8 Å². The molecular weight excluding hydrogens is 508 g/mol. The quantitative estimate of drug-likeness (QED) is 0.430. The average molecular weight is 534 g/mol. The molecule has 0 fully saturated rings. The Kier molecular flexibility index (Phi) is 8.22. The number of benzene rings is 2. The van der Waals surface area contributed by atoms with Crippen LogP contribution in [0.3, 0.4) is 0 Å². The van der Waals surface area contributed by atoms with Gasteiger partial charge >= 0.3 is 0 Å². The van der Waals surface area contributed by atoms with E-state index in [2.05, 4.69) is 15.9 Å². The smallest absolute Gasteiger partial charge is 0.273 e. The zero-order valence-electron chi connectivity index (χ0n) is 19.4. The normalized spacial score (nSPS) is 11.1. The zero-order valence-corrected chi connectivity index (χ0v) is 21.0. The maximum absolute atomic E-state index is 13.9. The van der Waals surface area contributed by atoms with Gasteiger partial charge in [0.05, 0.1) is 0 Å². The van der Waals surface area contributed by atoms with Crippen molar-refractivity contribution < 1.29 is 18.3 Å². The number of ether oxygens (including phenoxy) is 1. The highest BCUT2D eigenvalue weighted by Gasteiger charge is 2.17. The summed E-state index contributed by atoms with van der Waals surface area (Å²) >= 11 is 3.28. The van der Waals surface area contributed by atoms with E-state index in [4.69, 9.17) is 4.74 Å². The van der Waals surface area contributed by atoms with Crippen LogP contribution in [0.2, 0.25) is 0 Å². The molecule has 0 N–H and O–H groups in total. The minimum absolute atomic E-state index is 0.144. The van der Waals surface area contributed by atoms with E-state index in [9.17, 15) is 18.4 Å². The Hall–Kier alpha value is -3.04. The molecule has 9 heteroatoms. The summed E-state index contributed by atoms with van der Waals surface area (Å²) in [7, 11) is 5.62. The largest absolute Gasteiger partial charge is 0.487 e. The standard InChI is InChI=1S/C25H26BrF2N3O3/c1-16-12-22(34-15-18-8-9-19(27)14-21(18)28)23(26)25(33)31(16)20-7-5-6-17(13-20)24(32)30(4)11-10-29(2)3/h5-9,12-14H,10-11,15H2,1-4H3. The lowest BCUT2D eigenvalue weighted by atomic mass is 10.1. The predicted molar refractivity (Wildman–Crippen MR) is 131 cm³/mol. The van der Waals surface area contributed by atoms with Crippen LogP contribution in [0.25, 0.3) is 5.69 Å². The van der Waals surface area contributed by atoms with Crippen LogP contribution >= 0.6 is 15.9 Å². The van der Waals surface area contributed by atoms with Gasteiger partial charge in [-0.3, -0.25) is 14.2 Å². The Balaban J connectivity index is 1.87. The van der Waals surface area contributed by atoms with E-state index in [1.165, 1.54) is 10.6 Å². The molecule has 180 valence electrons. The second-order valence-electron chi connectivity index (χ2n) is 8.21. The van der Waals surface area contributed by atoms with E-state index in [1.54, 1.807) is 49.2 Å². The molecule has 1 amide bonds. The van der Waals surface area contributed by atoms with Gasteiger partial charge in [0, 0.05) is 54.8 Å². The highest BCUT2D eigenvalue weighted by atomic mass is 79.9. The molecule has 0 unspecified atom stereocenters.